The Kier molecular flexibility index (Phi) is 3.95. The van der Waals surface area contributed by atoms with Crippen LogP contribution in [0.1, 0.15) is 44.9 Å². The molecular formula is C16H26NO4+. The van der Waals surface area contributed by atoms with Crippen molar-refractivity contribution in [3.63, 3.8) is 0 Å². The molecule has 2 heterocycles. The van der Waals surface area contributed by atoms with Gasteiger partial charge in [-0.3, -0.25) is 9.59 Å². The second kappa shape index (κ2) is 5.59. The molecule has 21 heavy (non-hydrogen) atoms. The lowest BCUT2D eigenvalue weighted by Crippen LogP contribution is -3.20. The van der Waals surface area contributed by atoms with Crippen LogP contribution >= 0.6 is 0 Å². The van der Waals surface area contributed by atoms with Crippen LogP contribution in [0.2, 0.25) is 0 Å². The molecule has 2 aliphatic heterocycles. The van der Waals surface area contributed by atoms with Gasteiger partial charge in [-0.2, -0.15) is 0 Å². The fourth-order valence-electron chi connectivity index (χ4n) is 5.41. The number of carbonyl (C=O) groups is 2. The molecule has 0 aromatic carbocycles. The topological polar surface area (TPSA) is 57.0 Å². The van der Waals surface area contributed by atoms with Crippen LogP contribution in [-0.4, -0.2) is 44.3 Å². The first-order valence-electron chi connectivity index (χ1n) is 8.17. The lowest BCUT2D eigenvalue weighted by Gasteiger charge is -2.40. The van der Waals surface area contributed by atoms with Gasteiger partial charge in [0.05, 0.1) is 20.8 Å². The molecule has 3 rings (SSSR count). The number of esters is 2. The number of nitrogens with one attached hydrogen (secondary N) is 1. The Balaban J connectivity index is 2.03. The molecule has 3 aliphatic rings. The van der Waals surface area contributed by atoms with Gasteiger partial charge in [-0.1, -0.05) is 6.42 Å². The molecule has 1 saturated carbocycles. The van der Waals surface area contributed by atoms with Gasteiger partial charge >= 0.3 is 11.9 Å². The molecule has 0 radical (unpaired) electrons. The second-order valence-electron chi connectivity index (χ2n) is 6.79. The van der Waals surface area contributed by atoms with Crippen molar-refractivity contribution in [3.8, 4) is 0 Å². The molecule has 0 aromatic rings. The molecule has 5 nitrogen and oxygen atoms in total. The number of methoxy groups -OCH3 is 2. The zero-order valence-corrected chi connectivity index (χ0v) is 13.0. The van der Waals surface area contributed by atoms with Gasteiger partial charge in [-0.05, 0) is 12.8 Å². The first kappa shape index (κ1) is 14.8. The zero-order chi connectivity index (χ0) is 15.0. The third-order valence-corrected chi connectivity index (χ3v) is 6.11. The second-order valence-corrected chi connectivity index (χ2v) is 6.79. The number of hydrogen-bond donors (Lipinski definition) is 1. The van der Waals surface area contributed by atoms with Crippen molar-refractivity contribution in [1.82, 2.24) is 0 Å². The van der Waals surface area contributed by atoms with Gasteiger partial charge in [0.25, 0.3) is 0 Å². The highest BCUT2D eigenvalue weighted by Crippen LogP contribution is 2.44. The van der Waals surface area contributed by atoms with Crippen LogP contribution in [0.3, 0.4) is 0 Å². The minimum Gasteiger partial charge on any atom is -0.469 e. The molecule has 1 N–H and O–H groups in total. The summed E-state index contributed by atoms with van der Waals surface area (Å²) in [6.07, 6.45) is 7.76. The van der Waals surface area contributed by atoms with E-state index in [2.05, 4.69) is 0 Å². The summed E-state index contributed by atoms with van der Waals surface area (Å²) in [6, 6.07) is 0.236. The average molecular weight is 296 g/mol. The van der Waals surface area contributed by atoms with Crippen molar-refractivity contribution in [1.29, 1.82) is 0 Å². The fraction of sp³-hybridized carbons (Fsp3) is 0.875. The molecule has 4 atom stereocenters. The molecule has 2 saturated heterocycles. The van der Waals surface area contributed by atoms with Crippen LogP contribution in [0, 0.1) is 11.8 Å². The summed E-state index contributed by atoms with van der Waals surface area (Å²) in [5.41, 5.74) is -0.0919. The third kappa shape index (κ3) is 2.08. The van der Waals surface area contributed by atoms with E-state index in [1.165, 1.54) is 25.5 Å². The Labute approximate surface area is 126 Å². The van der Waals surface area contributed by atoms with Gasteiger partial charge in [-0.25, -0.2) is 0 Å². The summed E-state index contributed by atoms with van der Waals surface area (Å²) < 4.78 is 10.1. The highest BCUT2D eigenvalue weighted by molar-refractivity contribution is 5.84. The molecule has 5 heteroatoms. The Hall–Kier alpha value is -1.10. The summed E-state index contributed by atoms with van der Waals surface area (Å²) >= 11 is 0. The number of fused-ring (bicyclic) bond motifs is 2. The maximum atomic E-state index is 12.5. The van der Waals surface area contributed by atoms with Crippen molar-refractivity contribution < 1.29 is 24.0 Å². The van der Waals surface area contributed by atoms with Crippen LogP contribution in [0.15, 0.2) is 0 Å². The van der Waals surface area contributed by atoms with Crippen molar-refractivity contribution in [3.05, 3.63) is 0 Å². The third-order valence-electron chi connectivity index (χ3n) is 6.11. The molecule has 1 unspecified atom stereocenters. The smallest absolute Gasteiger partial charge is 0.316 e. The van der Waals surface area contributed by atoms with Gasteiger partial charge < -0.3 is 14.4 Å². The Morgan fingerprint density at radius 1 is 1.00 bits per heavy atom. The fourth-order valence-corrected chi connectivity index (χ4v) is 5.41. The monoisotopic (exact) mass is 296 g/mol. The highest BCUT2D eigenvalue weighted by Gasteiger charge is 2.68. The van der Waals surface area contributed by atoms with Crippen molar-refractivity contribution in [2.24, 2.45) is 11.8 Å². The van der Waals surface area contributed by atoms with Gasteiger partial charge in [0, 0.05) is 25.7 Å². The molecular weight excluding hydrogens is 270 g/mol. The van der Waals surface area contributed by atoms with E-state index in [1.54, 1.807) is 0 Å². The van der Waals surface area contributed by atoms with E-state index >= 15 is 0 Å². The van der Waals surface area contributed by atoms with Crippen LogP contribution in [0.25, 0.3) is 0 Å². The van der Waals surface area contributed by atoms with Gasteiger partial charge in [0.1, 0.15) is 23.4 Å². The van der Waals surface area contributed by atoms with E-state index in [4.69, 9.17) is 9.47 Å². The predicted octanol–water partition coefficient (Wildman–Crippen LogP) is 0.329. The number of carbonyl (C=O) groups excluding carboxylic acids is 2. The van der Waals surface area contributed by atoms with E-state index in [0.717, 1.165) is 45.1 Å². The van der Waals surface area contributed by atoms with E-state index in [9.17, 15) is 9.59 Å². The SMILES string of the molecule is COC(=O)[C@@H]1[C@@H](C(=O)OC)C2(CCCCC2)[NH+]2CCC[C@@H]12. The molecule has 1 aliphatic carbocycles. The summed E-state index contributed by atoms with van der Waals surface area (Å²) in [4.78, 5) is 26.4. The Morgan fingerprint density at radius 2 is 1.67 bits per heavy atom. The average Bonchev–Trinajstić information content (AvgIpc) is 3.09. The van der Waals surface area contributed by atoms with Gasteiger partial charge in [0.15, 0.2) is 0 Å². The number of quaternary nitrogens is 1. The predicted molar refractivity (Wildman–Crippen MR) is 75.7 cm³/mol. The van der Waals surface area contributed by atoms with Crippen molar-refractivity contribution in [2.75, 3.05) is 20.8 Å². The van der Waals surface area contributed by atoms with Crippen LogP contribution in [0.4, 0.5) is 0 Å². The molecule has 118 valence electrons. The molecule has 0 bridgehead atoms. The van der Waals surface area contributed by atoms with Gasteiger partial charge in [0.2, 0.25) is 0 Å². The summed E-state index contributed by atoms with van der Waals surface area (Å²) in [5.74, 6) is -1.08. The zero-order valence-electron chi connectivity index (χ0n) is 13.0. The lowest BCUT2D eigenvalue weighted by atomic mass is 9.70. The first-order chi connectivity index (χ1) is 10.2. The summed E-state index contributed by atoms with van der Waals surface area (Å²) in [7, 11) is 2.86. The maximum absolute atomic E-state index is 12.5. The van der Waals surface area contributed by atoms with Crippen LogP contribution < -0.4 is 4.90 Å². The van der Waals surface area contributed by atoms with E-state index in [1.807, 2.05) is 0 Å². The standard InChI is InChI=1S/C16H25NO4/c1-20-14(18)12-11-7-6-10-17(11)16(8-4-3-5-9-16)13(12)15(19)21-2/h11-13H,3-10H2,1-2H3/p+1/t11-,12-,13-/m0/s1. The van der Waals surface area contributed by atoms with E-state index in [0.29, 0.717) is 0 Å². The number of hydrogen-bond acceptors (Lipinski definition) is 4. The van der Waals surface area contributed by atoms with Crippen molar-refractivity contribution in [2.45, 2.75) is 56.5 Å². The van der Waals surface area contributed by atoms with Crippen molar-refractivity contribution >= 4 is 11.9 Å². The van der Waals surface area contributed by atoms with E-state index < -0.39 is 0 Å². The van der Waals surface area contributed by atoms with E-state index in [-0.39, 0.29) is 35.4 Å². The highest BCUT2D eigenvalue weighted by atomic mass is 16.5. The summed E-state index contributed by atoms with van der Waals surface area (Å²) in [5, 5.41) is 0. The quantitative estimate of drug-likeness (QED) is 0.746. The number of rotatable bonds is 2. The Bertz CT molecular complexity index is 430. The molecule has 0 aromatic heterocycles. The first-order valence-corrected chi connectivity index (χ1v) is 8.17. The van der Waals surface area contributed by atoms with Crippen LogP contribution in [0.5, 0.6) is 0 Å². The molecule has 3 fully saturated rings. The summed E-state index contributed by atoms with van der Waals surface area (Å²) in [6.45, 7) is 1.08. The van der Waals surface area contributed by atoms with Gasteiger partial charge in [-0.15, -0.1) is 0 Å². The minimum atomic E-state index is -0.324. The van der Waals surface area contributed by atoms with Crippen LogP contribution in [-0.2, 0) is 19.1 Å². The number of ether oxygens (including phenoxy) is 2. The minimum absolute atomic E-state index is 0.0919. The maximum Gasteiger partial charge on any atom is 0.316 e. The molecule has 0 amide bonds. The normalized spacial score (nSPS) is 37.2. The Morgan fingerprint density at radius 3 is 2.29 bits per heavy atom. The molecule has 1 spiro atoms. The largest absolute Gasteiger partial charge is 0.469 e. The lowest BCUT2D eigenvalue weighted by molar-refractivity contribution is -0.954.